The number of rotatable bonds is 5. The molecule has 0 heterocycles. The maximum absolute atomic E-state index is 12.3. The summed E-state index contributed by atoms with van der Waals surface area (Å²) in [6, 6.07) is 4.58. The van der Waals surface area contributed by atoms with E-state index >= 15 is 0 Å². The maximum atomic E-state index is 12.3. The molecule has 0 radical (unpaired) electrons. The Hall–Kier alpha value is -1.22. The number of carbonyl (C=O) groups is 1. The molecule has 18 heavy (non-hydrogen) atoms. The van der Waals surface area contributed by atoms with Crippen LogP contribution in [0.5, 0.6) is 5.75 Å². The lowest BCUT2D eigenvalue weighted by molar-refractivity contribution is 0.0738. The first kappa shape index (κ1) is 14.8. The Balaban J connectivity index is 2.89. The van der Waals surface area contributed by atoms with Crippen LogP contribution in [0.15, 0.2) is 18.2 Å². The molecule has 1 atom stereocenters. The first-order valence-electron chi connectivity index (χ1n) is 6.27. The average Bonchev–Trinajstić information content (AvgIpc) is 2.34. The summed E-state index contributed by atoms with van der Waals surface area (Å²) in [7, 11) is 0. The van der Waals surface area contributed by atoms with Crippen molar-refractivity contribution in [2.45, 2.75) is 27.2 Å². The molecule has 1 rings (SSSR count). The average molecular weight is 270 g/mol. The van der Waals surface area contributed by atoms with Gasteiger partial charge < -0.3 is 10.0 Å². The van der Waals surface area contributed by atoms with Crippen molar-refractivity contribution in [3.05, 3.63) is 28.8 Å². The summed E-state index contributed by atoms with van der Waals surface area (Å²) >= 11 is 5.76. The second-order valence-electron chi connectivity index (χ2n) is 4.52. The van der Waals surface area contributed by atoms with Gasteiger partial charge in [0.05, 0.1) is 5.56 Å². The standard InChI is InChI=1S/C14H20ClNO2/c1-4-10(3)9-16(5-2)14(18)12-7-6-11(15)8-13(12)17/h6-8,10,17H,4-5,9H2,1-3H3. The van der Waals surface area contributed by atoms with E-state index in [9.17, 15) is 9.90 Å². The third-order valence-corrected chi connectivity index (χ3v) is 3.32. The van der Waals surface area contributed by atoms with E-state index in [1.165, 1.54) is 6.07 Å². The molecular weight excluding hydrogens is 250 g/mol. The van der Waals surface area contributed by atoms with Crippen molar-refractivity contribution in [3.8, 4) is 5.75 Å². The van der Waals surface area contributed by atoms with Crippen LogP contribution in [-0.2, 0) is 0 Å². The molecule has 1 unspecified atom stereocenters. The summed E-state index contributed by atoms with van der Waals surface area (Å²) in [5.74, 6) is 0.241. The summed E-state index contributed by atoms with van der Waals surface area (Å²) in [5.41, 5.74) is 0.310. The minimum atomic E-state index is -0.146. The van der Waals surface area contributed by atoms with E-state index < -0.39 is 0 Å². The quantitative estimate of drug-likeness (QED) is 0.888. The summed E-state index contributed by atoms with van der Waals surface area (Å²) in [6.45, 7) is 7.48. The van der Waals surface area contributed by atoms with Gasteiger partial charge in [-0.3, -0.25) is 4.79 Å². The molecule has 0 aliphatic carbocycles. The van der Waals surface area contributed by atoms with E-state index in [2.05, 4.69) is 13.8 Å². The van der Waals surface area contributed by atoms with Crippen molar-refractivity contribution >= 4 is 17.5 Å². The van der Waals surface area contributed by atoms with Crippen LogP contribution in [0.25, 0.3) is 0 Å². The van der Waals surface area contributed by atoms with Crippen molar-refractivity contribution in [3.63, 3.8) is 0 Å². The van der Waals surface area contributed by atoms with Crippen LogP contribution < -0.4 is 0 Å². The van der Waals surface area contributed by atoms with Gasteiger partial charge >= 0.3 is 0 Å². The van der Waals surface area contributed by atoms with Gasteiger partial charge in [-0.05, 0) is 31.0 Å². The van der Waals surface area contributed by atoms with E-state index in [1.807, 2.05) is 6.92 Å². The SMILES string of the molecule is CCC(C)CN(CC)C(=O)c1ccc(Cl)cc1O. The topological polar surface area (TPSA) is 40.5 Å². The molecule has 0 fully saturated rings. The van der Waals surface area contributed by atoms with Gasteiger partial charge in [0.15, 0.2) is 0 Å². The Bertz CT molecular complexity index is 420. The van der Waals surface area contributed by atoms with Gasteiger partial charge in [-0.15, -0.1) is 0 Å². The van der Waals surface area contributed by atoms with Gasteiger partial charge in [0.1, 0.15) is 5.75 Å². The normalized spacial score (nSPS) is 12.2. The number of hydrogen-bond acceptors (Lipinski definition) is 2. The molecule has 100 valence electrons. The number of nitrogens with zero attached hydrogens (tertiary/aromatic N) is 1. The lowest BCUT2D eigenvalue weighted by atomic mass is 10.1. The first-order valence-corrected chi connectivity index (χ1v) is 6.65. The number of phenols is 1. The Morgan fingerprint density at radius 1 is 1.44 bits per heavy atom. The summed E-state index contributed by atoms with van der Waals surface area (Å²) in [5, 5.41) is 10.2. The zero-order chi connectivity index (χ0) is 13.7. The maximum Gasteiger partial charge on any atom is 0.257 e. The number of amides is 1. The molecule has 4 heteroatoms. The lowest BCUT2D eigenvalue weighted by Crippen LogP contribution is -2.34. The minimum Gasteiger partial charge on any atom is -0.507 e. The number of aromatic hydroxyl groups is 1. The number of hydrogen-bond donors (Lipinski definition) is 1. The first-order chi connectivity index (χ1) is 8.49. The number of phenolic OH excluding ortho intramolecular Hbond substituents is 1. The highest BCUT2D eigenvalue weighted by atomic mass is 35.5. The molecule has 0 aliphatic heterocycles. The monoisotopic (exact) mass is 269 g/mol. The predicted molar refractivity (Wildman–Crippen MR) is 74.1 cm³/mol. The van der Waals surface area contributed by atoms with Crippen molar-refractivity contribution in [2.75, 3.05) is 13.1 Å². The predicted octanol–water partition coefficient (Wildman–Crippen LogP) is 3.55. The summed E-state index contributed by atoms with van der Waals surface area (Å²) in [6.07, 6.45) is 1.02. The molecule has 0 spiro atoms. The minimum absolute atomic E-state index is 0.0601. The molecule has 1 amide bonds. The van der Waals surface area contributed by atoms with Crippen molar-refractivity contribution in [1.82, 2.24) is 4.90 Å². The molecule has 1 aromatic rings. The summed E-state index contributed by atoms with van der Waals surface area (Å²) < 4.78 is 0. The Morgan fingerprint density at radius 2 is 2.11 bits per heavy atom. The van der Waals surface area contributed by atoms with Crippen LogP contribution in [0.4, 0.5) is 0 Å². The van der Waals surface area contributed by atoms with Gasteiger partial charge in [-0.25, -0.2) is 0 Å². The smallest absolute Gasteiger partial charge is 0.257 e. The zero-order valence-corrected chi connectivity index (χ0v) is 11.9. The molecule has 0 aliphatic rings. The summed E-state index contributed by atoms with van der Waals surface area (Å²) in [4.78, 5) is 14.0. The van der Waals surface area contributed by atoms with Crippen molar-refractivity contribution in [2.24, 2.45) is 5.92 Å². The third kappa shape index (κ3) is 3.64. The number of carbonyl (C=O) groups excluding carboxylic acids is 1. The van der Waals surface area contributed by atoms with Crippen LogP contribution in [0, 0.1) is 5.92 Å². The van der Waals surface area contributed by atoms with Gasteiger partial charge in [0.25, 0.3) is 5.91 Å². The zero-order valence-electron chi connectivity index (χ0n) is 11.1. The van der Waals surface area contributed by atoms with E-state index in [4.69, 9.17) is 11.6 Å². The second kappa shape index (κ2) is 6.64. The van der Waals surface area contributed by atoms with Gasteiger partial charge in [0.2, 0.25) is 0 Å². The van der Waals surface area contributed by atoms with Crippen molar-refractivity contribution in [1.29, 1.82) is 0 Å². The van der Waals surface area contributed by atoms with E-state index in [0.29, 0.717) is 29.6 Å². The Morgan fingerprint density at radius 3 is 2.61 bits per heavy atom. The second-order valence-corrected chi connectivity index (χ2v) is 4.96. The number of benzene rings is 1. The third-order valence-electron chi connectivity index (χ3n) is 3.09. The fourth-order valence-electron chi connectivity index (χ4n) is 1.72. The van der Waals surface area contributed by atoms with Gasteiger partial charge in [0, 0.05) is 18.1 Å². The molecule has 0 saturated carbocycles. The van der Waals surface area contributed by atoms with Crippen LogP contribution >= 0.6 is 11.6 Å². The molecule has 1 aromatic carbocycles. The van der Waals surface area contributed by atoms with E-state index in [0.717, 1.165) is 6.42 Å². The molecule has 3 nitrogen and oxygen atoms in total. The molecule has 0 bridgehead atoms. The molecule has 0 saturated heterocycles. The fourth-order valence-corrected chi connectivity index (χ4v) is 1.88. The van der Waals surface area contributed by atoms with Gasteiger partial charge in [-0.1, -0.05) is 31.9 Å². The van der Waals surface area contributed by atoms with Crippen LogP contribution in [-0.4, -0.2) is 29.0 Å². The van der Waals surface area contributed by atoms with Crippen LogP contribution in [0.1, 0.15) is 37.6 Å². The fraction of sp³-hybridized carbons (Fsp3) is 0.500. The highest BCUT2D eigenvalue weighted by molar-refractivity contribution is 6.30. The van der Waals surface area contributed by atoms with Crippen molar-refractivity contribution < 1.29 is 9.90 Å². The van der Waals surface area contributed by atoms with E-state index in [-0.39, 0.29) is 11.7 Å². The highest BCUT2D eigenvalue weighted by Crippen LogP contribution is 2.23. The lowest BCUT2D eigenvalue weighted by Gasteiger charge is -2.24. The van der Waals surface area contributed by atoms with Crippen LogP contribution in [0.3, 0.4) is 0 Å². The Kier molecular flexibility index (Phi) is 5.48. The van der Waals surface area contributed by atoms with Crippen LogP contribution in [0.2, 0.25) is 5.02 Å². The highest BCUT2D eigenvalue weighted by Gasteiger charge is 2.19. The molecular formula is C14H20ClNO2. The molecule has 1 N–H and O–H groups in total. The largest absolute Gasteiger partial charge is 0.507 e. The van der Waals surface area contributed by atoms with Gasteiger partial charge in [-0.2, -0.15) is 0 Å². The number of halogens is 1. The Labute approximate surface area is 113 Å². The van der Waals surface area contributed by atoms with E-state index in [1.54, 1.807) is 17.0 Å². The molecule has 0 aromatic heterocycles.